The lowest BCUT2D eigenvalue weighted by Crippen LogP contribution is -2.46. The fourth-order valence-corrected chi connectivity index (χ4v) is 2.68. The van der Waals surface area contributed by atoms with Crippen LogP contribution >= 0.6 is 0 Å². The Labute approximate surface area is 129 Å². The van der Waals surface area contributed by atoms with Crippen molar-refractivity contribution in [2.75, 3.05) is 23.3 Å². The molecule has 2 aromatic rings. The van der Waals surface area contributed by atoms with Crippen molar-refractivity contribution in [1.29, 1.82) is 0 Å². The Balaban J connectivity index is 1.83. The van der Waals surface area contributed by atoms with Gasteiger partial charge in [-0.1, -0.05) is 18.2 Å². The van der Waals surface area contributed by atoms with Crippen LogP contribution in [-0.4, -0.2) is 45.5 Å². The second-order valence-electron chi connectivity index (χ2n) is 5.60. The van der Waals surface area contributed by atoms with Crippen LogP contribution in [0.5, 0.6) is 0 Å². The molecule has 1 aromatic carbocycles. The van der Waals surface area contributed by atoms with Gasteiger partial charge in [0.2, 0.25) is 0 Å². The summed E-state index contributed by atoms with van der Waals surface area (Å²) in [7, 11) is 0. The molecule has 116 valence electrons. The maximum atomic E-state index is 9.82. The fourth-order valence-electron chi connectivity index (χ4n) is 2.68. The molecule has 6 nitrogen and oxygen atoms in total. The topological polar surface area (TPSA) is 81.5 Å². The molecule has 0 amide bonds. The first kappa shape index (κ1) is 14.7. The monoisotopic (exact) mass is 300 g/mol. The van der Waals surface area contributed by atoms with Gasteiger partial charge in [0.05, 0.1) is 12.2 Å². The molecule has 3 rings (SSSR count). The van der Waals surface area contributed by atoms with E-state index in [2.05, 4.69) is 15.3 Å². The summed E-state index contributed by atoms with van der Waals surface area (Å²) >= 11 is 0. The molecule has 0 radical (unpaired) electrons. The molecule has 1 saturated heterocycles. The van der Waals surface area contributed by atoms with Gasteiger partial charge in [0.25, 0.3) is 0 Å². The van der Waals surface area contributed by atoms with Crippen LogP contribution in [0.2, 0.25) is 0 Å². The second-order valence-corrected chi connectivity index (χ2v) is 5.60. The number of aliphatic hydroxyl groups excluding tert-OH is 2. The molecule has 0 aliphatic carbocycles. The smallest absolute Gasteiger partial charge is 0.136 e. The Hall–Kier alpha value is -2.18. The van der Waals surface area contributed by atoms with E-state index in [4.69, 9.17) is 0 Å². The Kier molecular flexibility index (Phi) is 4.22. The number of nitrogens with zero attached hydrogens (tertiary/aromatic N) is 3. The van der Waals surface area contributed by atoms with Crippen molar-refractivity contribution in [3.63, 3.8) is 0 Å². The Morgan fingerprint density at radius 1 is 1.09 bits per heavy atom. The highest BCUT2D eigenvalue weighted by Crippen LogP contribution is 2.22. The summed E-state index contributed by atoms with van der Waals surface area (Å²) in [6.45, 7) is 2.77. The van der Waals surface area contributed by atoms with Gasteiger partial charge < -0.3 is 20.4 Å². The number of aromatic nitrogens is 2. The van der Waals surface area contributed by atoms with Crippen LogP contribution in [0.1, 0.15) is 12.2 Å². The Morgan fingerprint density at radius 3 is 2.45 bits per heavy atom. The predicted molar refractivity (Wildman–Crippen MR) is 85.3 cm³/mol. The van der Waals surface area contributed by atoms with Gasteiger partial charge in [0, 0.05) is 31.3 Å². The number of benzene rings is 1. The van der Waals surface area contributed by atoms with E-state index in [9.17, 15) is 10.2 Å². The van der Waals surface area contributed by atoms with E-state index in [0.29, 0.717) is 37.0 Å². The summed E-state index contributed by atoms with van der Waals surface area (Å²) in [5.74, 6) is 2.05. The standard InChI is InChI=1S/C16H20N4O2/c1-11-17-15(19-12-5-3-2-4-6-12)8-16(18-11)20-9-13(21)7-14(22)10-20/h2-6,8,13-14,21-22H,7,9-10H2,1H3,(H,17,18,19)/t13-,14+. The molecule has 0 bridgehead atoms. The number of aliphatic hydroxyl groups is 2. The molecule has 2 atom stereocenters. The molecule has 3 N–H and O–H groups in total. The zero-order chi connectivity index (χ0) is 15.5. The van der Waals surface area contributed by atoms with Crippen LogP contribution in [-0.2, 0) is 0 Å². The van der Waals surface area contributed by atoms with Gasteiger partial charge in [-0.15, -0.1) is 0 Å². The minimum Gasteiger partial charge on any atom is -0.391 e. The molecular formula is C16H20N4O2. The van der Waals surface area contributed by atoms with Crippen LogP contribution in [0.15, 0.2) is 36.4 Å². The van der Waals surface area contributed by atoms with Crippen molar-refractivity contribution in [3.05, 3.63) is 42.2 Å². The lowest BCUT2D eigenvalue weighted by atomic mass is 10.1. The summed E-state index contributed by atoms with van der Waals surface area (Å²) in [6.07, 6.45) is -0.663. The van der Waals surface area contributed by atoms with Gasteiger partial charge in [-0.25, -0.2) is 9.97 Å². The average Bonchev–Trinajstić information content (AvgIpc) is 2.46. The Morgan fingerprint density at radius 2 is 1.77 bits per heavy atom. The SMILES string of the molecule is Cc1nc(Nc2ccccc2)cc(N2C[C@H](O)C[C@H](O)C2)n1. The number of aryl methyl sites for hydroxylation is 1. The summed E-state index contributed by atoms with van der Waals surface area (Å²) in [6, 6.07) is 11.6. The molecule has 6 heteroatoms. The van der Waals surface area contributed by atoms with Gasteiger partial charge in [-0.2, -0.15) is 0 Å². The molecule has 1 fully saturated rings. The lowest BCUT2D eigenvalue weighted by molar-refractivity contribution is 0.0648. The van der Waals surface area contributed by atoms with E-state index < -0.39 is 12.2 Å². The molecule has 0 unspecified atom stereocenters. The summed E-state index contributed by atoms with van der Waals surface area (Å²) in [5.41, 5.74) is 0.949. The van der Waals surface area contributed by atoms with Crippen LogP contribution in [0.3, 0.4) is 0 Å². The number of para-hydroxylation sites is 1. The van der Waals surface area contributed by atoms with Gasteiger partial charge in [-0.3, -0.25) is 0 Å². The number of piperidine rings is 1. The van der Waals surface area contributed by atoms with Gasteiger partial charge in [0.15, 0.2) is 0 Å². The van der Waals surface area contributed by atoms with Crippen molar-refractivity contribution in [1.82, 2.24) is 9.97 Å². The number of hydrogen-bond acceptors (Lipinski definition) is 6. The molecule has 22 heavy (non-hydrogen) atoms. The minimum absolute atomic E-state index is 0.412. The highest BCUT2D eigenvalue weighted by molar-refractivity contribution is 5.59. The predicted octanol–water partition coefficient (Wildman–Crippen LogP) is 1.46. The van der Waals surface area contributed by atoms with Crippen molar-refractivity contribution in [2.24, 2.45) is 0 Å². The molecule has 1 aromatic heterocycles. The highest BCUT2D eigenvalue weighted by Gasteiger charge is 2.25. The lowest BCUT2D eigenvalue weighted by Gasteiger charge is -2.34. The first-order valence-corrected chi connectivity index (χ1v) is 7.39. The third-order valence-corrected chi connectivity index (χ3v) is 3.60. The van der Waals surface area contributed by atoms with E-state index in [-0.39, 0.29) is 0 Å². The minimum atomic E-state index is -0.537. The first-order chi connectivity index (χ1) is 10.6. The highest BCUT2D eigenvalue weighted by atomic mass is 16.3. The molecule has 2 heterocycles. The van der Waals surface area contributed by atoms with E-state index in [1.807, 2.05) is 48.2 Å². The van der Waals surface area contributed by atoms with E-state index >= 15 is 0 Å². The maximum absolute atomic E-state index is 9.82. The largest absolute Gasteiger partial charge is 0.391 e. The van der Waals surface area contributed by atoms with Crippen molar-refractivity contribution in [3.8, 4) is 0 Å². The maximum Gasteiger partial charge on any atom is 0.136 e. The molecular weight excluding hydrogens is 280 g/mol. The van der Waals surface area contributed by atoms with Gasteiger partial charge in [0.1, 0.15) is 17.5 Å². The van der Waals surface area contributed by atoms with Crippen LogP contribution in [0.25, 0.3) is 0 Å². The van der Waals surface area contributed by atoms with E-state index in [1.165, 1.54) is 0 Å². The molecule has 1 aliphatic heterocycles. The zero-order valence-corrected chi connectivity index (χ0v) is 12.5. The van der Waals surface area contributed by atoms with Crippen LogP contribution in [0, 0.1) is 6.92 Å². The van der Waals surface area contributed by atoms with Crippen LogP contribution in [0.4, 0.5) is 17.3 Å². The number of hydrogen-bond donors (Lipinski definition) is 3. The molecule has 0 saturated carbocycles. The van der Waals surface area contributed by atoms with E-state index in [0.717, 1.165) is 5.69 Å². The van der Waals surface area contributed by atoms with Gasteiger partial charge >= 0.3 is 0 Å². The molecule has 1 aliphatic rings. The third-order valence-electron chi connectivity index (χ3n) is 3.60. The van der Waals surface area contributed by atoms with Crippen LogP contribution < -0.4 is 10.2 Å². The van der Waals surface area contributed by atoms with Crippen molar-refractivity contribution < 1.29 is 10.2 Å². The summed E-state index contributed by atoms with van der Waals surface area (Å²) in [5, 5.41) is 22.9. The number of anilines is 3. The first-order valence-electron chi connectivity index (χ1n) is 7.39. The van der Waals surface area contributed by atoms with E-state index in [1.54, 1.807) is 0 Å². The second kappa shape index (κ2) is 6.29. The zero-order valence-electron chi connectivity index (χ0n) is 12.5. The Bertz CT molecular complexity index is 625. The quantitative estimate of drug-likeness (QED) is 0.796. The van der Waals surface area contributed by atoms with Crippen molar-refractivity contribution >= 4 is 17.3 Å². The number of nitrogens with one attached hydrogen (secondary N) is 1. The van der Waals surface area contributed by atoms with Gasteiger partial charge in [-0.05, 0) is 19.1 Å². The molecule has 0 spiro atoms. The summed E-state index contributed by atoms with van der Waals surface area (Å²) < 4.78 is 0. The average molecular weight is 300 g/mol. The normalized spacial score (nSPS) is 21.7. The number of β-amino-alcohol motifs (C(OH)–C–C–N with tert-alkyl or cyclic N) is 2. The van der Waals surface area contributed by atoms with Crippen molar-refractivity contribution in [2.45, 2.75) is 25.6 Å². The number of rotatable bonds is 3. The summed E-state index contributed by atoms with van der Waals surface area (Å²) in [4.78, 5) is 10.7. The third kappa shape index (κ3) is 3.52. The fraction of sp³-hybridized carbons (Fsp3) is 0.375.